The van der Waals surface area contributed by atoms with Gasteiger partial charge in [-0.2, -0.15) is 0 Å². The quantitative estimate of drug-likeness (QED) is 0.815. The van der Waals surface area contributed by atoms with Crippen molar-refractivity contribution >= 4 is 47.7 Å². The molecule has 4 nitrogen and oxygen atoms in total. The van der Waals surface area contributed by atoms with Crippen LogP contribution in [-0.2, 0) is 10.0 Å². The summed E-state index contributed by atoms with van der Waals surface area (Å²) >= 11 is 6.25. The van der Waals surface area contributed by atoms with E-state index in [-0.39, 0.29) is 15.2 Å². The van der Waals surface area contributed by atoms with Crippen LogP contribution in [-0.4, -0.2) is 13.4 Å². The summed E-state index contributed by atoms with van der Waals surface area (Å²) < 4.78 is 40.9. The topological polar surface area (TPSA) is 59.1 Å². The Hall–Kier alpha value is -0.990. The largest absolute Gasteiger partial charge is 0.263 e. The number of aryl methyl sites for hydroxylation is 1. The van der Waals surface area contributed by atoms with Gasteiger partial charge in [0.1, 0.15) is 11.6 Å². The number of aromatic nitrogens is 1. The van der Waals surface area contributed by atoms with Gasteiger partial charge in [0, 0.05) is 4.47 Å². The molecule has 0 saturated carbocycles. The molecule has 0 saturated heterocycles. The minimum Gasteiger partial charge on any atom is -0.263 e. The molecule has 2 aromatic rings. The van der Waals surface area contributed by atoms with Crippen LogP contribution in [0.2, 0.25) is 0 Å². The Bertz CT molecular complexity index is 766. The Balaban J connectivity index is 2.35. The summed E-state index contributed by atoms with van der Waals surface area (Å²) in [5, 5.41) is 0. The van der Waals surface area contributed by atoms with E-state index in [0.29, 0.717) is 5.69 Å². The van der Waals surface area contributed by atoms with Crippen LogP contribution >= 0.6 is 31.9 Å². The zero-order valence-electron chi connectivity index (χ0n) is 10.2. The molecular weight excluding hydrogens is 415 g/mol. The highest BCUT2D eigenvalue weighted by Gasteiger charge is 2.17. The molecule has 1 N–H and O–H groups in total. The maximum atomic E-state index is 13.4. The molecule has 0 spiro atoms. The summed E-state index contributed by atoms with van der Waals surface area (Å²) in [5.41, 5.74) is 0.646. The van der Waals surface area contributed by atoms with Crippen LogP contribution in [0, 0.1) is 12.7 Å². The minimum atomic E-state index is -3.87. The van der Waals surface area contributed by atoms with Crippen LogP contribution in [0.4, 0.5) is 10.2 Å². The van der Waals surface area contributed by atoms with Gasteiger partial charge in [0.15, 0.2) is 0 Å². The first-order valence-corrected chi connectivity index (χ1v) is 8.47. The minimum absolute atomic E-state index is 0.166. The molecule has 8 heteroatoms. The number of anilines is 1. The van der Waals surface area contributed by atoms with Crippen LogP contribution in [0.5, 0.6) is 0 Å². The van der Waals surface area contributed by atoms with E-state index in [9.17, 15) is 12.8 Å². The molecule has 20 heavy (non-hydrogen) atoms. The van der Waals surface area contributed by atoms with Crippen molar-refractivity contribution in [3.63, 3.8) is 0 Å². The molecule has 0 unspecified atom stereocenters. The van der Waals surface area contributed by atoms with Gasteiger partial charge < -0.3 is 0 Å². The fourth-order valence-corrected chi connectivity index (χ4v) is 2.92. The molecule has 0 aliphatic rings. The Labute approximate surface area is 132 Å². The van der Waals surface area contributed by atoms with Crippen LogP contribution in [0.15, 0.2) is 44.2 Å². The van der Waals surface area contributed by atoms with Gasteiger partial charge in [0.25, 0.3) is 10.0 Å². The van der Waals surface area contributed by atoms with Gasteiger partial charge in [0.2, 0.25) is 0 Å². The molecule has 0 aliphatic carbocycles. The average Bonchev–Trinajstić information content (AvgIpc) is 2.37. The number of halogens is 3. The highest BCUT2D eigenvalue weighted by Crippen LogP contribution is 2.22. The van der Waals surface area contributed by atoms with Gasteiger partial charge in [0.05, 0.1) is 15.1 Å². The highest BCUT2D eigenvalue weighted by molar-refractivity contribution is 9.10. The number of hydrogen-bond acceptors (Lipinski definition) is 3. The Morgan fingerprint density at radius 2 is 1.80 bits per heavy atom. The van der Waals surface area contributed by atoms with Crippen molar-refractivity contribution in [2.75, 3.05) is 4.72 Å². The third-order valence-corrected chi connectivity index (χ3v) is 5.30. The van der Waals surface area contributed by atoms with E-state index in [4.69, 9.17) is 0 Å². The molecule has 0 radical (unpaired) electrons. The van der Waals surface area contributed by atoms with Crippen molar-refractivity contribution in [3.05, 3.63) is 50.8 Å². The van der Waals surface area contributed by atoms with Crippen molar-refractivity contribution in [2.45, 2.75) is 11.8 Å². The maximum absolute atomic E-state index is 13.4. The van der Waals surface area contributed by atoms with Gasteiger partial charge in [-0.3, -0.25) is 4.72 Å². The van der Waals surface area contributed by atoms with E-state index in [2.05, 4.69) is 41.6 Å². The van der Waals surface area contributed by atoms with E-state index in [1.807, 2.05) is 0 Å². The number of hydrogen-bond donors (Lipinski definition) is 1. The summed E-state index contributed by atoms with van der Waals surface area (Å²) in [4.78, 5) is 3.92. The summed E-state index contributed by atoms with van der Waals surface area (Å²) in [6.07, 6.45) is 0. The van der Waals surface area contributed by atoms with Crippen molar-refractivity contribution in [1.82, 2.24) is 4.98 Å². The Morgan fingerprint density at radius 3 is 2.40 bits per heavy atom. The second-order valence-corrected chi connectivity index (χ2v) is 7.34. The van der Waals surface area contributed by atoms with Crippen LogP contribution in [0.25, 0.3) is 0 Å². The van der Waals surface area contributed by atoms with Gasteiger partial charge in [-0.1, -0.05) is 0 Å². The predicted octanol–water partition coefficient (Wildman–Crippen LogP) is 3.85. The molecular formula is C12H9Br2FN2O2S. The summed E-state index contributed by atoms with van der Waals surface area (Å²) in [6, 6.07) is 6.79. The average molecular weight is 424 g/mol. The third-order valence-electron chi connectivity index (χ3n) is 2.46. The SMILES string of the molecule is Cc1nc(NS(=O)(=O)c2ccc(Br)c(F)c2)ccc1Br. The van der Waals surface area contributed by atoms with Gasteiger partial charge in [-0.15, -0.1) is 0 Å². The highest BCUT2D eigenvalue weighted by atomic mass is 79.9. The number of rotatable bonds is 3. The van der Waals surface area contributed by atoms with E-state index in [0.717, 1.165) is 10.5 Å². The monoisotopic (exact) mass is 422 g/mol. The number of benzene rings is 1. The summed E-state index contributed by atoms with van der Waals surface area (Å²) in [6.45, 7) is 1.74. The lowest BCUT2D eigenvalue weighted by atomic mass is 10.3. The number of nitrogens with zero attached hydrogens (tertiary/aromatic N) is 1. The lowest BCUT2D eigenvalue weighted by molar-refractivity contribution is 0.593. The first-order valence-electron chi connectivity index (χ1n) is 5.40. The van der Waals surface area contributed by atoms with Gasteiger partial charge in [-0.25, -0.2) is 17.8 Å². The Morgan fingerprint density at radius 1 is 1.15 bits per heavy atom. The van der Waals surface area contributed by atoms with Crippen LogP contribution < -0.4 is 4.72 Å². The first kappa shape index (κ1) is 15.4. The zero-order valence-corrected chi connectivity index (χ0v) is 14.2. The van der Waals surface area contributed by atoms with Crippen molar-refractivity contribution in [3.8, 4) is 0 Å². The lowest BCUT2D eigenvalue weighted by Gasteiger charge is -2.09. The van der Waals surface area contributed by atoms with Crippen LogP contribution in [0.1, 0.15) is 5.69 Å². The molecule has 0 aliphatic heterocycles. The number of pyridine rings is 1. The molecule has 2 rings (SSSR count). The normalized spacial score (nSPS) is 11.4. The van der Waals surface area contributed by atoms with Crippen molar-refractivity contribution in [2.24, 2.45) is 0 Å². The summed E-state index contributed by atoms with van der Waals surface area (Å²) in [7, 11) is -3.87. The molecule has 1 heterocycles. The zero-order chi connectivity index (χ0) is 14.9. The van der Waals surface area contributed by atoms with Crippen LogP contribution in [0.3, 0.4) is 0 Å². The molecule has 106 valence electrons. The molecule has 1 aromatic heterocycles. The fraction of sp³-hybridized carbons (Fsp3) is 0.0833. The van der Waals surface area contributed by atoms with Crippen molar-refractivity contribution < 1.29 is 12.8 Å². The number of sulfonamides is 1. The molecule has 1 aromatic carbocycles. The van der Waals surface area contributed by atoms with E-state index in [1.165, 1.54) is 18.2 Å². The number of nitrogens with one attached hydrogen (secondary N) is 1. The van der Waals surface area contributed by atoms with E-state index < -0.39 is 15.8 Å². The summed E-state index contributed by atoms with van der Waals surface area (Å²) in [5.74, 6) is -0.471. The van der Waals surface area contributed by atoms with Crippen molar-refractivity contribution in [1.29, 1.82) is 0 Å². The second kappa shape index (κ2) is 5.79. The maximum Gasteiger partial charge on any atom is 0.263 e. The van der Waals surface area contributed by atoms with Gasteiger partial charge in [-0.05, 0) is 69.1 Å². The molecule has 0 fully saturated rings. The second-order valence-electron chi connectivity index (χ2n) is 3.95. The smallest absolute Gasteiger partial charge is 0.263 e. The fourth-order valence-electron chi connectivity index (χ4n) is 1.44. The third kappa shape index (κ3) is 3.36. The molecule has 0 amide bonds. The molecule has 0 atom stereocenters. The van der Waals surface area contributed by atoms with E-state index in [1.54, 1.807) is 13.0 Å². The Kier molecular flexibility index (Phi) is 4.46. The lowest BCUT2D eigenvalue weighted by Crippen LogP contribution is -2.14. The first-order chi connectivity index (χ1) is 9.29. The van der Waals surface area contributed by atoms with Gasteiger partial charge >= 0.3 is 0 Å². The standard InChI is InChI=1S/C12H9Br2FN2O2S/c1-7-9(13)4-5-12(16-7)17-20(18,19)8-2-3-10(14)11(15)6-8/h2-6H,1H3,(H,16,17). The molecule has 0 bridgehead atoms. The predicted molar refractivity (Wildman–Crippen MR) is 81.6 cm³/mol. The van der Waals surface area contributed by atoms with E-state index >= 15 is 0 Å².